The predicted octanol–water partition coefficient (Wildman–Crippen LogP) is 4.25. The van der Waals surface area contributed by atoms with Gasteiger partial charge in [-0.2, -0.15) is 0 Å². The molecule has 0 bridgehead atoms. The van der Waals surface area contributed by atoms with Crippen LogP contribution in [0.3, 0.4) is 0 Å². The van der Waals surface area contributed by atoms with Crippen molar-refractivity contribution in [2.24, 2.45) is 0 Å². The minimum atomic E-state index is -3.50. The standard InChI is InChI=1S/C22H28N4O3S3/c1-13-17-14(2)23-21(22(3,4)5)24-19(17)31-18(13)20(27)26-10-8-15(9-11-26)25-32(28,29)16-7-6-12-30-16/h6-7,12,15,25H,8-11H2,1-5H3. The summed E-state index contributed by atoms with van der Waals surface area (Å²) >= 11 is 2.63. The highest BCUT2D eigenvalue weighted by molar-refractivity contribution is 7.91. The van der Waals surface area contributed by atoms with Crippen LogP contribution in [-0.2, 0) is 15.4 Å². The van der Waals surface area contributed by atoms with Gasteiger partial charge in [0, 0.05) is 29.9 Å². The topological polar surface area (TPSA) is 92.3 Å². The molecule has 10 heteroatoms. The molecule has 32 heavy (non-hydrogen) atoms. The summed E-state index contributed by atoms with van der Waals surface area (Å²) < 4.78 is 28.1. The fourth-order valence-corrected chi connectivity index (χ4v) is 7.43. The SMILES string of the molecule is Cc1nc(C(C)(C)C)nc2sc(C(=O)N3CCC(NS(=O)(=O)c4cccs4)CC3)c(C)c12. The molecule has 4 rings (SSSR count). The van der Waals surface area contributed by atoms with E-state index in [4.69, 9.17) is 9.97 Å². The van der Waals surface area contributed by atoms with Crippen LogP contribution in [0.15, 0.2) is 21.7 Å². The largest absolute Gasteiger partial charge is 0.338 e. The number of rotatable bonds is 4. The third-order valence-electron chi connectivity index (χ3n) is 5.70. The minimum absolute atomic E-state index is 0.0122. The first-order valence-electron chi connectivity index (χ1n) is 10.6. The van der Waals surface area contributed by atoms with E-state index in [9.17, 15) is 13.2 Å². The van der Waals surface area contributed by atoms with Crippen LogP contribution in [0, 0.1) is 13.8 Å². The van der Waals surface area contributed by atoms with Crippen molar-refractivity contribution < 1.29 is 13.2 Å². The molecule has 0 aromatic carbocycles. The number of hydrogen-bond donors (Lipinski definition) is 1. The Hall–Kier alpha value is -1.88. The maximum absolute atomic E-state index is 13.3. The van der Waals surface area contributed by atoms with Crippen LogP contribution >= 0.6 is 22.7 Å². The van der Waals surface area contributed by atoms with Crippen molar-refractivity contribution in [3.8, 4) is 0 Å². The Balaban J connectivity index is 1.50. The van der Waals surface area contributed by atoms with E-state index in [0.717, 1.165) is 27.3 Å². The first-order valence-corrected chi connectivity index (χ1v) is 13.8. The summed E-state index contributed by atoms with van der Waals surface area (Å²) in [5.41, 5.74) is 1.65. The quantitative estimate of drug-likeness (QED) is 0.588. The smallest absolute Gasteiger partial charge is 0.264 e. The van der Waals surface area contributed by atoms with Gasteiger partial charge in [-0.3, -0.25) is 4.79 Å². The maximum atomic E-state index is 13.3. The van der Waals surface area contributed by atoms with Crippen LogP contribution in [0.4, 0.5) is 0 Å². The number of thiophene rings is 2. The molecule has 1 saturated heterocycles. The number of aromatic nitrogens is 2. The van der Waals surface area contributed by atoms with Crippen LogP contribution in [0.2, 0.25) is 0 Å². The summed E-state index contributed by atoms with van der Waals surface area (Å²) in [6, 6.07) is 3.16. The second-order valence-corrected chi connectivity index (χ2v) is 13.1. The van der Waals surface area contributed by atoms with Gasteiger partial charge in [0.2, 0.25) is 10.0 Å². The molecular formula is C22H28N4O3S3. The Morgan fingerprint density at radius 2 is 1.88 bits per heavy atom. The molecule has 0 spiro atoms. The summed E-state index contributed by atoms with van der Waals surface area (Å²) in [5, 5.41) is 2.71. The Morgan fingerprint density at radius 1 is 1.19 bits per heavy atom. The lowest BCUT2D eigenvalue weighted by Crippen LogP contribution is -2.46. The van der Waals surface area contributed by atoms with Crippen molar-refractivity contribution >= 4 is 48.8 Å². The molecule has 1 aliphatic rings. The van der Waals surface area contributed by atoms with Crippen molar-refractivity contribution in [1.82, 2.24) is 19.6 Å². The van der Waals surface area contributed by atoms with Gasteiger partial charge in [0.25, 0.3) is 5.91 Å². The van der Waals surface area contributed by atoms with Crippen LogP contribution < -0.4 is 4.72 Å². The molecule has 172 valence electrons. The summed E-state index contributed by atoms with van der Waals surface area (Å²) in [4.78, 5) is 26.1. The fourth-order valence-electron chi connectivity index (χ4n) is 3.92. The van der Waals surface area contributed by atoms with E-state index in [1.165, 1.54) is 22.7 Å². The molecule has 3 aromatic heterocycles. The van der Waals surface area contributed by atoms with Gasteiger partial charge >= 0.3 is 0 Å². The average molecular weight is 493 g/mol. The van der Waals surface area contributed by atoms with Crippen molar-refractivity contribution in [2.75, 3.05) is 13.1 Å². The van der Waals surface area contributed by atoms with Crippen molar-refractivity contribution in [2.45, 2.75) is 63.1 Å². The van der Waals surface area contributed by atoms with E-state index in [0.29, 0.717) is 35.0 Å². The summed E-state index contributed by atoms with van der Waals surface area (Å²) in [6.07, 6.45) is 1.18. The Labute approximate surface area is 196 Å². The van der Waals surface area contributed by atoms with Crippen molar-refractivity contribution in [3.05, 3.63) is 39.5 Å². The highest BCUT2D eigenvalue weighted by atomic mass is 32.2. The minimum Gasteiger partial charge on any atom is -0.338 e. The van der Waals surface area contributed by atoms with Gasteiger partial charge in [0.05, 0.1) is 10.6 Å². The zero-order chi connectivity index (χ0) is 23.3. The first kappa shape index (κ1) is 23.3. The number of piperidine rings is 1. The molecule has 0 aliphatic carbocycles. The van der Waals surface area contributed by atoms with Crippen molar-refractivity contribution in [1.29, 1.82) is 0 Å². The number of carbonyl (C=O) groups excluding carboxylic acids is 1. The predicted molar refractivity (Wildman–Crippen MR) is 129 cm³/mol. The molecular weight excluding hydrogens is 464 g/mol. The number of nitrogens with zero attached hydrogens (tertiary/aromatic N) is 3. The highest BCUT2D eigenvalue weighted by Gasteiger charge is 2.30. The van der Waals surface area contributed by atoms with Crippen LogP contribution in [0.1, 0.15) is 60.4 Å². The summed E-state index contributed by atoms with van der Waals surface area (Å²) in [5.74, 6) is 0.767. The van der Waals surface area contributed by atoms with E-state index in [-0.39, 0.29) is 17.4 Å². The molecule has 1 fully saturated rings. The van der Waals surface area contributed by atoms with E-state index in [1.54, 1.807) is 17.5 Å². The van der Waals surface area contributed by atoms with Gasteiger partial charge in [-0.05, 0) is 43.7 Å². The van der Waals surface area contributed by atoms with E-state index >= 15 is 0 Å². The highest BCUT2D eigenvalue weighted by Crippen LogP contribution is 2.34. The van der Waals surface area contributed by atoms with E-state index < -0.39 is 10.0 Å². The number of hydrogen-bond acceptors (Lipinski definition) is 7. The Morgan fingerprint density at radius 3 is 2.47 bits per heavy atom. The molecule has 3 aromatic rings. The molecule has 0 atom stereocenters. The van der Waals surface area contributed by atoms with E-state index in [1.807, 2.05) is 18.7 Å². The number of likely N-dealkylation sites (tertiary alicyclic amines) is 1. The lowest BCUT2D eigenvalue weighted by molar-refractivity contribution is 0.0715. The molecule has 1 N–H and O–H groups in total. The van der Waals surface area contributed by atoms with E-state index in [2.05, 4.69) is 25.5 Å². The Kier molecular flexibility index (Phi) is 6.17. The van der Waals surface area contributed by atoms with Gasteiger partial charge in [0.1, 0.15) is 14.9 Å². The zero-order valence-corrected chi connectivity index (χ0v) is 21.4. The second kappa shape index (κ2) is 8.48. The lowest BCUT2D eigenvalue weighted by atomic mass is 9.95. The second-order valence-electron chi connectivity index (χ2n) is 9.24. The van der Waals surface area contributed by atoms with Crippen LogP contribution in [-0.4, -0.2) is 48.3 Å². The number of amides is 1. The van der Waals surface area contributed by atoms with Gasteiger partial charge in [0.15, 0.2) is 0 Å². The molecule has 0 radical (unpaired) electrons. The molecule has 1 amide bonds. The fraction of sp³-hybridized carbons (Fsp3) is 0.500. The number of carbonyl (C=O) groups is 1. The van der Waals surface area contributed by atoms with Gasteiger partial charge in [-0.15, -0.1) is 22.7 Å². The normalized spacial score (nSPS) is 16.1. The molecule has 1 aliphatic heterocycles. The van der Waals surface area contributed by atoms with Gasteiger partial charge in [-0.1, -0.05) is 26.8 Å². The van der Waals surface area contributed by atoms with Crippen LogP contribution in [0.5, 0.6) is 0 Å². The van der Waals surface area contributed by atoms with Gasteiger partial charge in [-0.25, -0.2) is 23.1 Å². The lowest BCUT2D eigenvalue weighted by Gasteiger charge is -2.32. The number of aryl methyl sites for hydroxylation is 2. The number of fused-ring (bicyclic) bond motifs is 1. The molecule has 7 nitrogen and oxygen atoms in total. The maximum Gasteiger partial charge on any atom is 0.264 e. The zero-order valence-electron chi connectivity index (χ0n) is 18.9. The van der Waals surface area contributed by atoms with Crippen LogP contribution in [0.25, 0.3) is 10.2 Å². The van der Waals surface area contributed by atoms with Crippen molar-refractivity contribution in [3.63, 3.8) is 0 Å². The number of sulfonamides is 1. The molecule has 0 unspecified atom stereocenters. The molecule has 4 heterocycles. The van der Waals surface area contributed by atoms with Gasteiger partial charge < -0.3 is 4.90 Å². The number of nitrogens with one attached hydrogen (secondary N) is 1. The monoisotopic (exact) mass is 492 g/mol. The first-order chi connectivity index (χ1) is 15.0. The summed E-state index contributed by atoms with van der Waals surface area (Å²) in [6.45, 7) is 11.2. The average Bonchev–Trinajstić information content (AvgIpc) is 3.36. The summed E-state index contributed by atoms with van der Waals surface area (Å²) in [7, 11) is -3.50. The Bertz CT molecular complexity index is 1250. The molecule has 0 saturated carbocycles. The third kappa shape index (κ3) is 4.46. The third-order valence-corrected chi connectivity index (χ3v) is 9.79.